The van der Waals surface area contributed by atoms with Crippen molar-refractivity contribution in [3.8, 4) is 0 Å². The van der Waals surface area contributed by atoms with Crippen molar-refractivity contribution >= 4 is 29.0 Å². The van der Waals surface area contributed by atoms with Crippen LogP contribution >= 0.6 is 12.2 Å². The largest absolute Gasteiger partial charge is 0.480 e. The van der Waals surface area contributed by atoms with Crippen LogP contribution < -0.4 is 5.32 Å². The molecule has 0 saturated carbocycles. The SMILES string of the molecule is Cc1cc(C)c(NC(=S)N2CCC[C@@H]2C(=O)O)c(C)c1. The Bertz CT molecular complexity index is 534. The highest BCUT2D eigenvalue weighted by Gasteiger charge is 2.32. The second-order valence-electron chi connectivity index (χ2n) is 5.39. The van der Waals surface area contributed by atoms with Crippen LogP contribution in [0.3, 0.4) is 0 Å². The van der Waals surface area contributed by atoms with E-state index in [2.05, 4.69) is 24.4 Å². The Balaban J connectivity index is 2.18. The molecule has 0 aromatic heterocycles. The van der Waals surface area contributed by atoms with Gasteiger partial charge in [0.05, 0.1) is 0 Å². The number of nitrogens with one attached hydrogen (secondary N) is 1. The summed E-state index contributed by atoms with van der Waals surface area (Å²) in [5.74, 6) is -0.802. The molecule has 1 saturated heterocycles. The van der Waals surface area contributed by atoms with Crippen molar-refractivity contribution in [1.29, 1.82) is 0 Å². The number of aliphatic carboxylic acids is 1. The van der Waals surface area contributed by atoms with Crippen molar-refractivity contribution in [1.82, 2.24) is 4.90 Å². The van der Waals surface area contributed by atoms with Crippen LogP contribution in [0.1, 0.15) is 29.5 Å². The monoisotopic (exact) mass is 292 g/mol. The number of hydrogen-bond donors (Lipinski definition) is 2. The van der Waals surface area contributed by atoms with Crippen LogP contribution in [-0.4, -0.2) is 33.7 Å². The van der Waals surface area contributed by atoms with Gasteiger partial charge in [0, 0.05) is 12.2 Å². The van der Waals surface area contributed by atoms with E-state index in [9.17, 15) is 9.90 Å². The number of thiocarbonyl (C=S) groups is 1. The van der Waals surface area contributed by atoms with E-state index in [1.165, 1.54) is 5.56 Å². The number of anilines is 1. The molecule has 1 aromatic carbocycles. The van der Waals surface area contributed by atoms with Gasteiger partial charge in [-0.05, 0) is 57.0 Å². The van der Waals surface area contributed by atoms with Gasteiger partial charge in [-0.15, -0.1) is 0 Å². The van der Waals surface area contributed by atoms with Gasteiger partial charge in [-0.25, -0.2) is 4.79 Å². The van der Waals surface area contributed by atoms with Crippen molar-refractivity contribution in [2.45, 2.75) is 39.7 Å². The number of benzene rings is 1. The number of carboxylic acid groups (broad SMARTS) is 1. The van der Waals surface area contributed by atoms with Gasteiger partial charge >= 0.3 is 5.97 Å². The molecule has 1 fully saturated rings. The van der Waals surface area contributed by atoms with Crippen molar-refractivity contribution < 1.29 is 9.90 Å². The predicted octanol–water partition coefficient (Wildman–Crippen LogP) is 2.86. The van der Waals surface area contributed by atoms with E-state index in [1.54, 1.807) is 4.90 Å². The molecule has 4 nitrogen and oxygen atoms in total. The summed E-state index contributed by atoms with van der Waals surface area (Å²) in [6, 6.07) is 3.69. The van der Waals surface area contributed by atoms with Gasteiger partial charge in [0.1, 0.15) is 6.04 Å². The fourth-order valence-corrected chi connectivity index (χ4v) is 3.14. The third kappa shape index (κ3) is 2.93. The zero-order valence-electron chi connectivity index (χ0n) is 12.1. The summed E-state index contributed by atoms with van der Waals surface area (Å²) in [5.41, 5.74) is 4.43. The quantitative estimate of drug-likeness (QED) is 0.821. The molecule has 2 N–H and O–H groups in total. The maximum Gasteiger partial charge on any atom is 0.326 e. The normalized spacial score (nSPS) is 18.1. The minimum Gasteiger partial charge on any atom is -0.480 e. The van der Waals surface area contributed by atoms with Crippen molar-refractivity contribution in [2.75, 3.05) is 11.9 Å². The van der Waals surface area contributed by atoms with Crippen LogP contribution in [0, 0.1) is 20.8 Å². The second kappa shape index (κ2) is 5.79. The molecule has 0 unspecified atom stereocenters. The number of likely N-dealkylation sites (tertiary alicyclic amines) is 1. The zero-order valence-corrected chi connectivity index (χ0v) is 12.9. The molecule has 0 aliphatic carbocycles. The van der Waals surface area contributed by atoms with Gasteiger partial charge in [-0.2, -0.15) is 0 Å². The van der Waals surface area contributed by atoms with E-state index in [0.29, 0.717) is 18.1 Å². The van der Waals surface area contributed by atoms with E-state index in [4.69, 9.17) is 12.2 Å². The van der Waals surface area contributed by atoms with E-state index >= 15 is 0 Å². The van der Waals surface area contributed by atoms with Gasteiger partial charge in [0.2, 0.25) is 0 Å². The molecule has 20 heavy (non-hydrogen) atoms. The van der Waals surface area contributed by atoms with Gasteiger partial charge in [0.15, 0.2) is 5.11 Å². The zero-order chi connectivity index (χ0) is 14.9. The lowest BCUT2D eigenvalue weighted by atomic mass is 10.1. The van der Waals surface area contributed by atoms with Crippen LogP contribution in [0.5, 0.6) is 0 Å². The van der Waals surface area contributed by atoms with Crippen molar-refractivity contribution in [3.63, 3.8) is 0 Å². The lowest BCUT2D eigenvalue weighted by Gasteiger charge is -2.26. The number of carboxylic acids is 1. The lowest BCUT2D eigenvalue weighted by molar-refractivity contribution is -0.140. The third-order valence-electron chi connectivity index (χ3n) is 3.71. The first-order valence-corrected chi connectivity index (χ1v) is 7.19. The topological polar surface area (TPSA) is 52.6 Å². The van der Waals surface area contributed by atoms with Gasteiger partial charge in [-0.1, -0.05) is 17.7 Å². The highest BCUT2D eigenvalue weighted by Crippen LogP contribution is 2.24. The standard InChI is InChI=1S/C15H20N2O2S/c1-9-7-10(2)13(11(3)8-9)16-15(20)17-6-4-5-12(17)14(18)19/h7-8,12H,4-6H2,1-3H3,(H,16,20)(H,18,19)/t12-/m1/s1. The molecule has 2 rings (SSSR count). The second-order valence-corrected chi connectivity index (χ2v) is 5.78. The summed E-state index contributed by atoms with van der Waals surface area (Å²) in [6.45, 7) is 6.82. The average Bonchev–Trinajstić information content (AvgIpc) is 2.82. The number of carbonyl (C=O) groups is 1. The molecule has 0 spiro atoms. The van der Waals surface area contributed by atoms with E-state index in [1.807, 2.05) is 13.8 Å². The summed E-state index contributed by atoms with van der Waals surface area (Å²) in [4.78, 5) is 13.0. The Morgan fingerprint density at radius 2 is 1.95 bits per heavy atom. The third-order valence-corrected chi connectivity index (χ3v) is 4.04. The lowest BCUT2D eigenvalue weighted by Crippen LogP contribution is -2.42. The Kier molecular flexibility index (Phi) is 4.28. The first-order chi connectivity index (χ1) is 9.40. The van der Waals surface area contributed by atoms with Crippen molar-refractivity contribution in [3.05, 3.63) is 28.8 Å². The van der Waals surface area contributed by atoms with Crippen LogP contribution in [0.15, 0.2) is 12.1 Å². The number of aryl methyl sites for hydroxylation is 3. The molecule has 1 aliphatic heterocycles. The Morgan fingerprint density at radius 3 is 2.50 bits per heavy atom. The molecule has 0 amide bonds. The maximum absolute atomic E-state index is 11.2. The Morgan fingerprint density at radius 1 is 1.35 bits per heavy atom. The van der Waals surface area contributed by atoms with Gasteiger partial charge in [-0.3, -0.25) is 0 Å². The van der Waals surface area contributed by atoms with E-state index in [-0.39, 0.29) is 0 Å². The van der Waals surface area contributed by atoms with Crippen molar-refractivity contribution in [2.24, 2.45) is 0 Å². The molecule has 1 heterocycles. The maximum atomic E-state index is 11.2. The molecular formula is C15H20N2O2S. The fourth-order valence-electron chi connectivity index (χ4n) is 2.82. The highest BCUT2D eigenvalue weighted by atomic mass is 32.1. The highest BCUT2D eigenvalue weighted by molar-refractivity contribution is 7.80. The summed E-state index contributed by atoms with van der Waals surface area (Å²) < 4.78 is 0. The van der Waals surface area contributed by atoms with E-state index in [0.717, 1.165) is 23.2 Å². The van der Waals surface area contributed by atoms with Crippen LogP contribution in [0.4, 0.5) is 5.69 Å². The molecule has 5 heteroatoms. The number of hydrogen-bond acceptors (Lipinski definition) is 2. The Hall–Kier alpha value is -1.62. The first kappa shape index (κ1) is 14.8. The molecule has 1 aliphatic rings. The first-order valence-electron chi connectivity index (χ1n) is 6.78. The predicted molar refractivity (Wildman–Crippen MR) is 84.2 cm³/mol. The van der Waals surface area contributed by atoms with Gasteiger partial charge in [0.25, 0.3) is 0 Å². The molecule has 1 atom stereocenters. The van der Waals surface area contributed by atoms with Crippen LogP contribution in [-0.2, 0) is 4.79 Å². The van der Waals surface area contributed by atoms with Crippen LogP contribution in [0.2, 0.25) is 0 Å². The fraction of sp³-hybridized carbons (Fsp3) is 0.467. The molecule has 108 valence electrons. The number of nitrogens with zero attached hydrogens (tertiary/aromatic N) is 1. The molecule has 1 aromatic rings. The molecule has 0 radical (unpaired) electrons. The summed E-state index contributed by atoms with van der Waals surface area (Å²) in [6.07, 6.45) is 1.52. The molecule has 0 bridgehead atoms. The average molecular weight is 292 g/mol. The summed E-state index contributed by atoms with van der Waals surface area (Å²) in [7, 11) is 0. The Labute approximate surface area is 124 Å². The minimum atomic E-state index is -0.802. The van der Waals surface area contributed by atoms with E-state index < -0.39 is 12.0 Å². The molecular weight excluding hydrogens is 272 g/mol. The smallest absolute Gasteiger partial charge is 0.326 e. The number of rotatable bonds is 2. The minimum absolute atomic E-state index is 0.499. The summed E-state index contributed by atoms with van der Waals surface area (Å²) >= 11 is 5.40. The summed E-state index contributed by atoms with van der Waals surface area (Å²) in [5, 5.41) is 12.9. The van der Waals surface area contributed by atoms with Gasteiger partial charge < -0.3 is 15.3 Å². The van der Waals surface area contributed by atoms with Crippen LogP contribution in [0.25, 0.3) is 0 Å².